The number of amides is 2. The number of nitrogens with one attached hydrogen (secondary N) is 2. The third-order valence-electron chi connectivity index (χ3n) is 2.50. The maximum Gasteiger partial charge on any atom is 0.259 e. The number of rotatable bonds is 3. The average molecular weight is 308 g/mol. The van der Waals surface area contributed by atoms with E-state index in [1.165, 1.54) is 31.3 Å². The van der Waals surface area contributed by atoms with Crippen LogP contribution in [0.25, 0.3) is 0 Å². The number of anilines is 2. The van der Waals surface area contributed by atoms with E-state index in [2.05, 4.69) is 15.6 Å². The van der Waals surface area contributed by atoms with Crippen molar-refractivity contribution in [3.63, 3.8) is 0 Å². The van der Waals surface area contributed by atoms with Crippen LogP contribution in [0.4, 0.5) is 15.9 Å². The van der Waals surface area contributed by atoms with Gasteiger partial charge >= 0.3 is 0 Å². The van der Waals surface area contributed by atoms with E-state index in [4.69, 9.17) is 11.6 Å². The number of hydrogen-bond acceptors (Lipinski definition) is 3. The molecule has 2 N–H and O–H groups in total. The van der Waals surface area contributed by atoms with Crippen LogP contribution >= 0.6 is 11.6 Å². The first-order valence-corrected chi connectivity index (χ1v) is 6.33. The van der Waals surface area contributed by atoms with E-state index in [-0.39, 0.29) is 17.3 Å². The van der Waals surface area contributed by atoms with E-state index in [0.717, 1.165) is 6.07 Å². The predicted molar refractivity (Wildman–Crippen MR) is 77.9 cm³/mol. The minimum absolute atomic E-state index is 0.196. The molecular formula is C14H11ClFN3O2. The van der Waals surface area contributed by atoms with Gasteiger partial charge < -0.3 is 10.6 Å². The van der Waals surface area contributed by atoms with E-state index in [1.807, 2.05) is 0 Å². The fraction of sp³-hybridized carbons (Fsp3) is 0.0714. The SMILES string of the molecule is CC(=O)Nc1ccc(F)c(C(=O)Nc2ccc(Cl)cn2)c1. The van der Waals surface area contributed by atoms with E-state index in [9.17, 15) is 14.0 Å². The molecule has 0 aliphatic heterocycles. The topological polar surface area (TPSA) is 71.1 Å². The van der Waals surface area contributed by atoms with Crippen molar-refractivity contribution in [3.8, 4) is 0 Å². The lowest BCUT2D eigenvalue weighted by Gasteiger charge is -2.08. The lowest BCUT2D eigenvalue weighted by Crippen LogP contribution is -2.15. The smallest absolute Gasteiger partial charge is 0.259 e. The molecule has 0 unspecified atom stereocenters. The van der Waals surface area contributed by atoms with E-state index in [0.29, 0.717) is 10.7 Å². The van der Waals surface area contributed by atoms with Gasteiger partial charge in [-0.2, -0.15) is 0 Å². The highest BCUT2D eigenvalue weighted by atomic mass is 35.5. The van der Waals surface area contributed by atoms with Gasteiger partial charge in [0.05, 0.1) is 10.6 Å². The van der Waals surface area contributed by atoms with Gasteiger partial charge in [-0.05, 0) is 30.3 Å². The van der Waals surface area contributed by atoms with Crippen molar-refractivity contribution in [1.29, 1.82) is 0 Å². The van der Waals surface area contributed by atoms with Gasteiger partial charge in [0.25, 0.3) is 5.91 Å². The molecule has 1 heterocycles. The molecule has 0 spiro atoms. The third kappa shape index (κ3) is 4.00. The molecule has 21 heavy (non-hydrogen) atoms. The van der Waals surface area contributed by atoms with Gasteiger partial charge in [-0.3, -0.25) is 9.59 Å². The summed E-state index contributed by atoms with van der Waals surface area (Å²) in [6.07, 6.45) is 1.36. The molecule has 1 aromatic heterocycles. The zero-order chi connectivity index (χ0) is 15.4. The van der Waals surface area contributed by atoms with Crippen LogP contribution in [0.1, 0.15) is 17.3 Å². The first kappa shape index (κ1) is 14.9. The molecule has 0 aliphatic carbocycles. The second-order valence-electron chi connectivity index (χ2n) is 4.19. The van der Waals surface area contributed by atoms with E-state index >= 15 is 0 Å². The molecule has 0 saturated heterocycles. The molecule has 0 saturated carbocycles. The molecule has 0 bridgehead atoms. The zero-order valence-electron chi connectivity index (χ0n) is 11.0. The summed E-state index contributed by atoms with van der Waals surface area (Å²) in [5.41, 5.74) is 0.135. The molecular weight excluding hydrogens is 297 g/mol. The molecule has 2 rings (SSSR count). The molecule has 0 radical (unpaired) electrons. The number of hydrogen-bond donors (Lipinski definition) is 2. The van der Waals surface area contributed by atoms with Crippen molar-refractivity contribution in [1.82, 2.24) is 4.98 Å². The summed E-state index contributed by atoms with van der Waals surface area (Å²) < 4.78 is 13.7. The van der Waals surface area contributed by atoms with Crippen LogP contribution < -0.4 is 10.6 Å². The van der Waals surface area contributed by atoms with Crippen molar-refractivity contribution in [2.75, 3.05) is 10.6 Å². The second kappa shape index (κ2) is 6.32. The van der Waals surface area contributed by atoms with Crippen molar-refractivity contribution >= 4 is 34.9 Å². The van der Waals surface area contributed by atoms with Gasteiger partial charge in [0, 0.05) is 18.8 Å². The normalized spacial score (nSPS) is 10.0. The largest absolute Gasteiger partial charge is 0.326 e. The second-order valence-corrected chi connectivity index (χ2v) is 4.63. The summed E-state index contributed by atoms with van der Waals surface area (Å²) in [6, 6.07) is 6.77. The number of carbonyl (C=O) groups excluding carboxylic acids is 2. The summed E-state index contributed by atoms with van der Waals surface area (Å²) in [4.78, 5) is 26.9. The number of nitrogens with zero attached hydrogens (tertiary/aromatic N) is 1. The first-order valence-electron chi connectivity index (χ1n) is 5.96. The summed E-state index contributed by atoms with van der Waals surface area (Å²) in [6.45, 7) is 1.32. The molecule has 5 nitrogen and oxygen atoms in total. The third-order valence-corrected chi connectivity index (χ3v) is 2.72. The van der Waals surface area contributed by atoms with E-state index < -0.39 is 11.7 Å². The van der Waals surface area contributed by atoms with Gasteiger partial charge in [-0.25, -0.2) is 9.37 Å². The summed E-state index contributed by atoms with van der Waals surface area (Å²) in [5, 5.41) is 5.35. The lowest BCUT2D eigenvalue weighted by molar-refractivity contribution is -0.114. The maximum absolute atomic E-state index is 13.7. The fourth-order valence-electron chi connectivity index (χ4n) is 1.61. The number of benzene rings is 1. The van der Waals surface area contributed by atoms with Gasteiger partial charge in [-0.1, -0.05) is 11.6 Å². The molecule has 108 valence electrons. The van der Waals surface area contributed by atoms with Crippen molar-refractivity contribution in [3.05, 3.63) is 52.9 Å². The summed E-state index contributed by atoms with van der Waals surface area (Å²) in [7, 11) is 0. The number of carbonyl (C=O) groups is 2. The minimum Gasteiger partial charge on any atom is -0.326 e. The predicted octanol–water partition coefficient (Wildman–Crippen LogP) is 3.08. The molecule has 2 amide bonds. The van der Waals surface area contributed by atoms with Crippen LogP contribution in [0, 0.1) is 5.82 Å². The monoisotopic (exact) mass is 307 g/mol. The fourth-order valence-corrected chi connectivity index (χ4v) is 1.73. The standard InChI is InChI=1S/C14H11ClFN3O2/c1-8(20)18-10-3-4-12(16)11(6-10)14(21)19-13-5-2-9(15)7-17-13/h2-7H,1H3,(H,18,20)(H,17,19,21). The van der Waals surface area contributed by atoms with Crippen LogP contribution in [0.5, 0.6) is 0 Å². The van der Waals surface area contributed by atoms with Crippen molar-refractivity contribution < 1.29 is 14.0 Å². The number of aromatic nitrogens is 1. The Kier molecular flexibility index (Phi) is 4.49. The van der Waals surface area contributed by atoms with Crippen LogP contribution in [0.3, 0.4) is 0 Å². The summed E-state index contributed by atoms with van der Waals surface area (Å²) >= 11 is 5.68. The summed E-state index contributed by atoms with van der Waals surface area (Å²) in [5.74, 6) is -1.44. The van der Waals surface area contributed by atoms with Crippen LogP contribution in [-0.2, 0) is 4.79 Å². The zero-order valence-corrected chi connectivity index (χ0v) is 11.7. The van der Waals surface area contributed by atoms with Gasteiger partial charge in [0.1, 0.15) is 11.6 Å². The lowest BCUT2D eigenvalue weighted by atomic mass is 10.1. The number of halogens is 2. The number of pyridine rings is 1. The van der Waals surface area contributed by atoms with Crippen LogP contribution in [0.2, 0.25) is 5.02 Å². The van der Waals surface area contributed by atoms with Crippen LogP contribution in [-0.4, -0.2) is 16.8 Å². The van der Waals surface area contributed by atoms with Crippen LogP contribution in [0.15, 0.2) is 36.5 Å². The Morgan fingerprint density at radius 3 is 2.57 bits per heavy atom. The van der Waals surface area contributed by atoms with Gasteiger partial charge in [-0.15, -0.1) is 0 Å². The van der Waals surface area contributed by atoms with E-state index in [1.54, 1.807) is 6.07 Å². The Hall–Kier alpha value is -2.47. The maximum atomic E-state index is 13.7. The Labute approximate surface area is 125 Å². The molecule has 1 aromatic carbocycles. The van der Waals surface area contributed by atoms with Gasteiger partial charge in [0.15, 0.2) is 0 Å². The highest BCUT2D eigenvalue weighted by Gasteiger charge is 2.13. The molecule has 0 aliphatic rings. The highest BCUT2D eigenvalue weighted by molar-refractivity contribution is 6.30. The first-order chi connectivity index (χ1) is 9.95. The molecule has 7 heteroatoms. The van der Waals surface area contributed by atoms with Crippen molar-refractivity contribution in [2.45, 2.75) is 6.92 Å². The average Bonchev–Trinajstić information content (AvgIpc) is 2.43. The van der Waals surface area contributed by atoms with Crippen molar-refractivity contribution in [2.24, 2.45) is 0 Å². The Morgan fingerprint density at radius 2 is 1.95 bits per heavy atom. The Morgan fingerprint density at radius 1 is 1.19 bits per heavy atom. The molecule has 0 fully saturated rings. The van der Waals surface area contributed by atoms with Gasteiger partial charge in [0.2, 0.25) is 5.91 Å². The molecule has 0 atom stereocenters. The molecule has 2 aromatic rings. The Bertz CT molecular complexity index is 689. The minimum atomic E-state index is -0.699. The Balaban J connectivity index is 2.21. The highest BCUT2D eigenvalue weighted by Crippen LogP contribution is 2.17. The quantitative estimate of drug-likeness (QED) is 0.915.